The van der Waals surface area contributed by atoms with Crippen LogP contribution in [0.3, 0.4) is 0 Å². The number of para-hydroxylation sites is 2. The summed E-state index contributed by atoms with van der Waals surface area (Å²) in [4.78, 5) is 4.54. The van der Waals surface area contributed by atoms with Crippen LogP contribution in [-0.4, -0.2) is 41.6 Å². The fraction of sp³-hybridized carbons (Fsp3) is 0.462. The number of sulfonamides is 1. The van der Waals surface area contributed by atoms with Gasteiger partial charge in [0.1, 0.15) is 5.82 Å². The lowest BCUT2D eigenvalue weighted by Gasteiger charge is -2.16. The molecular weight excluding hydrogens is 262 g/mol. The maximum absolute atomic E-state index is 11.6. The summed E-state index contributed by atoms with van der Waals surface area (Å²) >= 11 is 0. The molecule has 3 rings (SSSR count). The Morgan fingerprint density at radius 2 is 2.05 bits per heavy atom. The molecule has 1 fully saturated rings. The van der Waals surface area contributed by atoms with E-state index in [9.17, 15) is 8.42 Å². The average Bonchev–Trinajstić information content (AvgIpc) is 2.90. The fourth-order valence-electron chi connectivity index (χ4n) is 2.85. The van der Waals surface area contributed by atoms with Crippen LogP contribution in [0.2, 0.25) is 0 Å². The highest BCUT2D eigenvalue weighted by Crippen LogP contribution is 2.28. The highest BCUT2D eigenvalue weighted by molar-refractivity contribution is 7.88. The number of rotatable bonds is 2. The van der Waals surface area contributed by atoms with Gasteiger partial charge in [0, 0.05) is 13.1 Å². The molecule has 0 N–H and O–H groups in total. The normalized spacial score (nSPS) is 21.3. The summed E-state index contributed by atoms with van der Waals surface area (Å²) in [6.07, 6.45) is 2.11. The maximum atomic E-state index is 11.6. The van der Waals surface area contributed by atoms with Gasteiger partial charge in [0.15, 0.2) is 0 Å². The third kappa shape index (κ3) is 2.15. The Bertz CT molecular complexity index is 721. The largest absolute Gasteiger partial charge is 0.324 e. The summed E-state index contributed by atoms with van der Waals surface area (Å²) < 4.78 is 26.9. The van der Waals surface area contributed by atoms with Crippen LogP contribution in [0.5, 0.6) is 0 Å². The maximum Gasteiger partial charge on any atom is 0.211 e. The quantitative estimate of drug-likeness (QED) is 0.838. The Labute approximate surface area is 112 Å². The Balaban J connectivity index is 2.00. The van der Waals surface area contributed by atoms with Crippen molar-refractivity contribution in [3.63, 3.8) is 0 Å². The van der Waals surface area contributed by atoms with Crippen molar-refractivity contribution in [2.24, 2.45) is 0 Å². The van der Waals surface area contributed by atoms with Gasteiger partial charge in [0.25, 0.3) is 0 Å². The van der Waals surface area contributed by atoms with Gasteiger partial charge in [-0.05, 0) is 25.5 Å². The topological polar surface area (TPSA) is 55.2 Å². The molecule has 1 aromatic carbocycles. The Kier molecular flexibility index (Phi) is 2.87. The number of imidazole rings is 1. The molecule has 6 heteroatoms. The molecule has 1 aliphatic heterocycles. The first-order valence-electron chi connectivity index (χ1n) is 6.35. The Morgan fingerprint density at radius 3 is 2.74 bits per heavy atom. The van der Waals surface area contributed by atoms with Gasteiger partial charge in [-0.1, -0.05) is 12.1 Å². The van der Waals surface area contributed by atoms with Crippen LogP contribution in [-0.2, 0) is 10.0 Å². The lowest BCUT2D eigenvalue weighted by Crippen LogP contribution is -2.28. The summed E-state index contributed by atoms with van der Waals surface area (Å²) in [5.74, 6) is 0.946. The van der Waals surface area contributed by atoms with Crippen molar-refractivity contribution >= 4 is 21.1 Å². The summed E-state index contributed by atoms with van der Waals surface area (Å²) in [5.41, 5.74) is 2.05. The molecule has 0 saturated carbocycles. The molecular formula is C13H17N3O2S. The van der Waals surface area contributed by atoms with Gasteiger partial charge in [-0.25, -0.2) is 17.7 Å². The molecule has 0 bridgehead atoms. The Hall–Kier alpha value is -1.40. The minimum absolute atomic E-state index is 0.183. The molecule has 102 valence electrons. The van der Waals surface area contributed by atoms with Crippen LogP contribution >= 0.6 is 0 Å². The smallest absolute Gasteiger partial charge is 0.211 e. The predicted molar refractivity (Wildman–Crippen MR) is 74.5 cm³/mol. The molecule has 1 aliphatic rings. The van der Waals surface area contributed by atoms with Crippen molar-refractivity contribution in [2.45, 2.75) is 19.4 Å². The first-order valence-corrected chi connectivity index (χ1v) is 8.20. The zero-order chi connectivity index (χ0) is 13.6. The number of aromatic nitrogens is 2. The molecule has 2 heterocycles. The van der Waals surface area contributed by atoms with Crippen LogP contribution in [0.15, 0.2) is 24.3 Å². The molecule has 2 aromatic rings. The van der Waals surface area contributed by atoms with Gasteiger partial charge in [-0.3, -0.25) is 0 Å². The molecule has 1 saturated heterocycles. The molecule has 0 aliphatic carbocycles. The summed E-state index contributed by atoms with van der Waals surface area (Å²) in [5, 5.41) is 0. The van der Waals surface area contributed by atoms with Crippen LogP contribution in [0.1, 0.15) is 18.3 Å². The lowest BCUT2D eigenvalue weighted by molar-refractivity contribution is 0.456. The van der Waals surface area contributed by atoms with Crippen LogP contribution in [0.4, 0.5) is 0 Å². The highest BCUT2D eigenvalue weighted by atomic mass is 32.2. The third-order valence-corrected chi connectivity index (χ3v) is 5.00. The number of benzene rings is 1. The second kappa shape index (κ2) is 4.31. The number of hydrogen-bond donors (Lipinski definition) is 0. The zero-order valence-corrected chi connectivity index (χ0v) is 11.9. The third-order valence-electron chi connectivity index (χ3n) is 3.73. The highest BCUT2D eigenvalue weighted by Gasteiger charge is 2.31. The Morgan fingerprint density at radius 1 is 1.32 bits per heavy atom. The summed E-state index contributed by atoms with van der Waals surface area (Å²) in [6, 6.07) is 8.17. The first kappa shape index (κ1) is 12.6. The summed E-state index contributed by atoms with van der Waals surface area (Å²) in [6.45, 7) is 3.11. The molecule has 1 atom stereocenters. The van der Waals surface area contributed by atoms with E-state index in [4.69, 9.17) is 0 Å². The molecule has 19 heavy (non-hydrogen) atoms. The summed E-state index contributed by atoms with van der Waals surface area (Å²) in [7, 11) is -3.09. The second-order valence-corrected chi connectivity index (χ2v) is 7.06. The van der Waals surface area contributed by atoms with Gasteiger partial charge in [-0.15, -0.1) is 0 Å². The monoisotopic (exact) mass is 279 g/mol. The van der Waals surface area contributed by atoms with E-state index in [0.717, 1.165) is 23.3 Å². The van der Waals surface area contributed by atoms with E-state index < -0.39 is 10.0 Å². The SMILES string of the molecule is Cc1nc2ccccc2n1[C@@H]1CCN(S(C)(=O)=O)C1. The van der Waals surface area contributed by atoms with Crippen LogP contribution < -0.4 is 0 Å². The molecule has 0 spiro atoms. The number of aryl methyl sites for hydroxylation is 1. The van der Waals surface area contributed by atoms with E-state index in [1.54, 1.807) is 4.31 Å². The van der Waals surface area contributed by atoms with Crippen molar-refractivity contribution in [3.05, 3.63) is 30.1 Å². The van der Waals surface area contributed by atoms with Gasteiger partial charge >= 0.3 is 0 Å². The minimum atomic E-state index is -3.09. The molecule has 0 amide bonds. The number of nitrogens with zero attached hydrogens (tertiary/aromatic N) is 3. The average molecular weight is 279 g/mol. The van der Waals surface area contributed by atoms with Crippen molar-refractivity contribution in [2.75, 3.05) is 19.3 Å². The molecule has 0 radical (unpaired) electrons. The zero-order valence-electron chi connectivity index (χ0n) is 11.1. The van der Waals surface area contributed by atoms with Gasteiger partial charge in [-0.2, -0.15) is 0 Å². The van der Waals surface area contributed by atoms with E-state index >= 15 is 0 Å². The van der Waals surface area contributed by atoms with E-state index in [1.807, 2.05) is 31.2 Å². The second-order valence-electron chi connectivity index (χ2n) is 5.08. The lowest BCUT2D eigenvalue weighted by atomic mass is 10.2. The number of fused-ring (bicyclic) bond motifs is 1. The van der Waals surface area contributed by atoms with Crippen molar-refractivity contribution in [1.29, 1.82) is 0 Å². The predicted octanol–water partition coefficient (Wildman–Crippen LogP) is 1.55. The van der Waals surface area contributed by atoms with Crippen molar-refractivity contribution in [1.82, 2.24) is 13.9 Å². The van der Waals surface area contributed by atoms with Crippen LogP contribution in [0.25, 0.3) is 11.0 Å². The van der Waals surface area contributed by atoms with Gasteiger partial charge in [0.05, 0.1) is 23.3 Å². The first-order chi connectivity index (χ1) is 8.97. The van der Waals surface area contributed by atoms with Crippen LogP contribution in [0, 0.1) is 6.92 Å². The van der Waals surface area contributed by atoms with Crippen molar-refractivity contribution < 1.29 is 8.42 Å². The molecule has 1 aromatic heterocycles. The van der Waals surface area contributed by atoms with Gasteiger partial charge in [0.2, 0.25) is 10.0 Å². The minimum Gasteiger partial charge on any atom is -0.324 e. The van der Waals surface area contributed by atoms with E-state index in [1.165, 1.54) is 6.26 Å². The molecule has 0 unspecified atom stereocenters. The van der Waals surface area contributed by atoms with E-state index in [2.05, 4.69) is 9.55 Å². The van der Waals surface area contributed by atoms with E-state index in [-0.39, 0.29) is 6.04 Å². The standard InChI is InChI=1S/C13H17N3O2S/c1-10-14-12-5-3-4-6-13(12)16(10)11-7-8-15(9-11)19(2,17)18/h3-6,11H,7-9H2,1-2H3/t11-/m1/s1. The van der Waals surface area contributed by atoms with Crippen molar-refractivity contribution in [3.8, 4) is 0 Å². The molecule has 5 nitrogen and oxygen atoms in total. The number of hydrogen-bond acceptors (Lipinski definition) is 3. The fourth-order valence-corrected chi connectivity index (χ4v) is 3.73. The van der Waals surface area contributed by atoms with E-state index in [0.29, 0.717) is 13.1 Å². The van der Waals surface area contributed by atoms with Gasteiger partial charge < -0.3 is 4.57 Å².